The molecule has 3 N–H and O–H groups in total. The highest BCUT2D eigenvalue weighted by atomic mass is 16.5. The highest BCUT2D eigenvalue weighted by Crippen LogP contribution is 2.42. The molecule has 33 heavy (non-hydrogen) atoms. The second-order valence-corrected chi connectivity index (χ2v) is 8.85. The standard InChI is InChI=1S/C24H32N6O3/c1-2-10-25-24(32)26-17-5-3-16(4-6-17)22-27-21-18(9-11-30-19(21)7-8-20(30)31)23(28-22)29-12-14-33-15-13-29/h3-6,19-20,31H,2,7-15H2,1H3,(H2,25,26,32). The lowest BCUT2D eigenvalue weighted by Crippen LogP contribution is -2.41. The van der Waals surface area contributed by atoms with E-state index in [1.807, 2.05) is 31.2 Å². The number of hydrogen-bond acceptors (Lipinski definition) is 7. The van der Waals surface area contributed by atoms with Crippen LogP contribution >= 0.6 is 0 Å². The van der Waals surface area contributed by atoms with Gasteiger partial charge in [0.1, 0.15) is 12.0 Å². The SMILES string of the molecule is CCCNC(=O)Nc1ccc(-c2nc3c(c(N4CCOCC4)n2)CCN2C(O)CCC32)cc1. The van der Waals surface area contributed by atoms with Crippen LogP contribution in [-0.2, 0) is 11.2 Å². The minimum atomic E-state index is -0.391. The monoisotopic (exact) mass is 452 g/mol. The fraction of sp³-hybridized carbons (Fsp3) is 0.542. The molecule has 2 unspecified atom stereocenters. The number of hydrogen-bond donors (Lipinski definition) is 3. The van der Waals surface area contributed by atoms with E-state index in [9.17, 15) is 9.90 Å². The number of benzene rings is 1. The molecule has 0 bridgehead atoms. The van der Waals surface area contributed by atoms with Gasteiger partial charge in [-0.15, -0.1) is 0 Å². The van der Waals surface area contributed by atoms with Crippen LogP contribution in [0.5, 0.6) is 0 Å². The van der Waals surface area contributed by atoms with E-state index in [4.69, 9.17) is 14.7 Å². The molecule has 2 saturated heterocycles. The summed E-state index contributed by atoms with van der Waals surface area (Å²) >= 11 is 0. The van der Waals surface area contributed by atoms with Gasteiger partial charge in [0.25, 0.3) is 0 Å². The largest absolute Gasteiger partial charge is 0.378 e. The van der Waals surface area contributed by atoms with Crippen molar-refractivity contribution in [2.45, 2.75) is 44.9 Å². The number of carbonyl (C=O) groups excluding carboxylic acids is 1. The molecule has 2 fully saturated rings. The fourth-order valence-electron chi connectivity index (χ4n) is 4.97. The normalized spacial score (nSPS) is 22.5. The van der Waals surface area contributed by atoms with Gasteiger partial charge in [-0.05, 0) is 49.9 Å². The minimum absolute atomic E-state index is 0.133. The molecule has 0 spiro atoms. The van der Waals surface area contributed by atoms with Crippen molar-refractivity contribution in [2.24, 2.45) is 0 Å². The van der Waals surface area contributed by atoms with E-state index >= 15 is 0 Å². The van der Waals surface area contributed by atoms with Crippen molar-refractivity contribution in [2.75, 3.05) is 49.6 Å². The van der Waals surface area contributed by atoms with Crippen LogP contribution in [0.2, 0.25) is 0 Å². The predicted octanol–water partition coefficient (Wildman–Crippen LogP) is 2.52. The number of morpholine rings is 1. The maximum atomic E-state index is 12.0. The van der Waals surface area contributed by atoms with Gasteiger partial charge in [-0.2, -0.15) is 0 Å². The zero-order valence-corrected chi connectivity index (χ0v) is 19.1. The summed E-state index contributed by atoms with van der Waals surface area (Å²) in [6.07, 6.45) is 3.02. The highest BCUT2D eigenvalue weighted by molar-refractivity contribution is 5.89. The number of aromatic nitrogens is 2. The Kier molecular flexibility index (Phi) is 6.43. The Morgan fingerprint density at radius 2 is 1.94 bits per heavy atom. The molecule has 3 aliphatic rings. The third-order valence-electron chi connectivity index (χ3n) is 6.68. The molecule has 176 valence electrons. The topological polar surface area (TPSA) is 103 Å². The zero-order chi connectivity index (χ0) is 22.8. The average Bonchev–Trinajstić information content (AvgIpc) is 3.24. The number of ether oxygens (including phenoxy) is 1. The van der Waals surface area contributed by atoms with E-state index in [1.54, 1.807) is 0 Å². The van der Waals surface area contributed by atoms with Crippen molar-refractivity contribution in [1.82, 2.24) is 20.2 Å². The molecule has 4 heterocycles. The predicted molar refractivity (Wildman–Crippen MR) is 126 cm³/mol. The quantitative estimate of drug-likeness (QED) is 0.641. The van der Waals surface area contributed by atoms with Gasteiger partial charge >= 0.3 is 6.03 Å². The van der Waals surface area contributed by atoms with Gasteiger partial charge < -0.3 is 25.4 Å². The smallest absolute Gasteiger partial charge is 0.319 e. The first kappa shape index (κ1) is 22.1. The summed E-state index contributed by atoms with van der Waals surface area (Å²) in [6.45, 7) is 6.52. The van der Waals surface area contributed by atoms with Gasteiger partial charge in [0.05, 0.1) is 24.9 Å². The number of fused-ring (bicyclic) bond motifs is 3. The van der Waals surface area contributed by atoms with Crippen molar-refractivity contribution < 1.29 is 14.6 Å². The van der Waals surface area contributed by atoms with Crippen LogP contribution in [0.15, 0.2) is 24.3 Å². The van der Waals surface area contributed by atoms with Gasteiger partial charge in [0, 0.05) is 43.0 Å². The lowest BCUT2D eigenvalue weighted by Gasteiger charge is -2.36. The minimum Gasteiger partial charge on any atom is -0.378 e. The van der Waals surface area contributed by atoms with Gasteiger partial charge in [0.2, 0.25) is 0 Å². The Balaban J connectivity index is 1.47. The van der Waals surface area contributed by atoms with Crippen molar-refractivity contribution in [1.29, 1.82) is 0 Å². The number of nitrogens with one attached hydrogen (secondary N) is 2. The first-order valence-electron chi connectivity index (χ1n) is 12.0. The number of rotatable bonds is 5. The summed E-state index contributed by atoms with van der Waals surface area (Å²) in [5.74, 6) is 1.68. The molecule has 0 radical (unpaired) electrons. The fourth-order valence-corrected chi connectivity index (χ4v) is 4.97. The van der Waals surface area contributed by atoms with Crippen molar-refractivity contribution >= 4 is 17.5 Å². The van der Waals surface area contributed by atoms with Crippen molar-refractivity contribution in [3.63, 3.8) is 0 Å². The average molecular weight is 453 g/mol. The summed E-state index contributed by atoms with van der Waals surface area (Å²) in [6, 6.07) is 7.58. The molecule has 0 aliphatic carbocycles. The Bertz CT molecular complexity index is 975. The Hall–Kier alpha value is -2.75. The van der Waals surface area contributed by atoms with E-state index in [0.29, 0.717) is 25.6 Å². The van der Waals surface area contributed by atoms with Crippen LogP contribution in [0.3, 0.4) is 0 Å². The van der Waals surface area contributed by atoms with Gasteiger partial charge in [0.15, 0.2) is 5.82 Å². The van der Waals surface area contributed by atoms with Crippen LogP contribution < -0.4 is 15.5 Å². The van der Waals surface area contributed by atoms with Crippen LogP contribution in [0.25, 0.3) is 11.4 Å². The summed E-state index contributed by atoms with van der Waals surface area (Å²) < 4.78 is 5.57. The van der Waals surface area contributed by atoms with Crippen molar-refractivity contribution in [3.8, 4) is 11.4 Å². The first-order valence-corrected chi connectivity index (χ1v) is 12.0. The lowest BCUT2D eigenvalue weighted by atomic mass is 9.97. The van der Waals surface area contributed by atoms with Gasteiger partial charge in [-0.25, -0.2) is 14.8 Å². The zero-order valence-electron chi connectivity index (χ0n) is 19.1. The summed E-state index contributed by atoms with van der Waals surface area (Å²) in [7, 11) is 0. The number of aliphatic hydroxyl groups excluding tert-OH is 1. The highest BCUT2D eigenvalue weighted by Gasteiger charge is 2.40. The molecular weight excluding hydrogens is 420 g/mol. The number of anilines is 2. The second-order valence-electron chi connectivity index (χ2n) is 8.85. The van der Waals surface area contributed by atoms with Crippen molar-refractivity contribution in [3.05, 3.63) is 35.5 Å². The molecule has 9 heteroatoms. The van der Waals surface area contributed by atoms with E-state index in [1.165, 1.54) is 5.56 Å². The summed E-state index contributed by atoms with van der Waals surface area (Å²) in [5, 5.41) is 16.1. The molecular formula is C24H32N6O3. The third-order valence-corrected chi connectivity index (χ3v) is 6.68. The summed E-state index contributed by atoms with van der Waals surface area (Å²) in [4.78, 5) is 26.5. The van der Waals surface area contributed by atoms with Crippen LogP contribution in [0, 0.1) is 0 Å². The first-order chi connectivity index (χ1) is 16.1. The van der Waals surface area contributed by atoms with E-state index < -0.39 is 6.23 Å². The lowest BCUT2D eigenvalue weighted by molar-refractivity contribution is 0.0122. The number of urea groups is 1. The Labute approximate surface area is 194 Å². The van der Waals surface area contributed by atoms with Gasteiger partial charge in [-0.3, -0.25) is 4.90 Å². The summed E-state index contributed by atoms with van der Waals surface area (Å²) in [5.41, 5.74) is 3.89. The number of aliphatic hydroxyl groups is 1. The molecule has 1 aromatic carbocycles. The molecule has 1 aromatic heterocycles. The number of amides is 2. The molecule has 2 amide bonds. The maximum Gasteiger partial charge on any atom is 0.319 e. The van der Waals surface area contributed by atoms with Crippen LogP contribution in [-0.4, -0.2) is 71.6 Å². The molecule has 2 atom stereocenters. The Morgan fingerprint density at radius 3 is 2.70 bits per heavy atom. The number of carbonyl (C=O) groups is 1. The molecule has 0 saturated carbocycles. The molecule has 2 aromatic rings. The van der Waals surface area contributed by atoms with E-state index in [2.05, 4.69) is 20.4 Å². The molecule has 3 aliphatic heterocycles. The van der Waals surface area contributed by atoms with E-state index in [-0.39, 0.29) is 12.1 Å². The van der Waals surface area contributed by atoms with E-state index in [0.717, 1.165) is 68.1 Å². The second kappa shape index (κ2) is 9.62. The Morgan fingerprint density at radius 1 is 1.15 bits per heavy atom. The van der Waals surface area contributed by atoms with Crippen LogP contribution in [0.1, 0.15) is 43.5 Å². The molecule has 9 nitrogen and oxygen atoms in total. The third kappa shape index (κ3) is 4.53. The number of nitrogens with zero attached hydrogens (tertiary/aromatic N) is 4. The maximum absolute atomic E-state index is 12.0. The van der Waals surface area contributed by atoms with Crippen LogP contribution in [0.4, 0.5) is 16.3 Å². The van der Waals surface area contributed by atoms with Gasteiger partial charge in [-0.1, -0.05) is 6.92 Å². The molecule has 5 rings (SSSR count).